The molecule has 0 unspecified atom stereocenters. The minimum atomic E-state index is -0.191. The number of carbonyl (C=O) groups is 1. The van der Waals surface area contributed by atoms with Crippen molar-refractivity contribution in [1.82, 2.24) is 15.5 Å². The van der Waals surface area contributed by atoms with Gasteiger partial charge in [0.1, 0.15) is 6.61 Å². The third-order valence-electron chi connectivity index (χ3n) is 2.18. The molecular formula is C12H11N3O3S. The fourth-order valence-electron chi connectivity index (χ4n) is 1.34. The predicted octanol–water partition coefficient (Wildman–Crippen LogP) is 0.447. The molecule has 0 aliphatic rings. The van der Waals surface area contributed by atoms with Gasteiger partial charge < -0.3 is 14.9 Å². The van der Waals surface area contributed by atoms with Gasteiger partial charge in [0, 0.05) is 18.3 Å². The first-order valence-corrected chi connectivity index (χ1v) is 6.39. The van der Waals surface area contributed by atoms with Gasteiger partial charge in [-0.15, -0.1) is 11.3 Å². The van der Waals surface area contributed by atoms with Crippen LogP contribution < -0.4 is 5.32 Å². The second kappa shape index (κ2) is 6.68. The van der Waals surface area contributed by atoms with Gasteiger partial charge in [0.25, 0.3) is 5.91 Å². The second-order valence-corrected chi connectivity index (χ2v) is 4.41. The molecule has 7 heteroatoms. The van der Waals surface area contributed by atoms with Crippen molar-refractivity contribution >= 4 is 17.2 Å². The number of nitrogens with one attached hydrogen (secondary N) is 1. The van der Waals surface area contributed by atoms with Crippen molar-refractivity contribution in [2.24, 2.45) is 0 Å². The van der Waals surface area contributed by atoms with Crippen LogP contribution in [0.1, 0.15) is 21.1 Å². The van der Waals surface area contributed by atoms with E-state index in [4.69, 9.17) is 9.63 Å². The van der Waals surface area contributed by atoms with E-state index >= 15 is 0 Å². The molecule has 0 aromatic carbocycles. The highest BCUT2D eigenvalue weighted by molar-refractivity contribution is 7.10. The van der Waals surface area contributed by atoms with Crippen LogP contribution in [0.5, 0.6) is 0 Å². The topological polar surface area (TPSA) is 88.3 Å². The van der Waals surface area contributed by atoms with Gasteiger partial charge in [0.15, 0.2) is 6.33 Å². The van der Waals surface area contributed by atoms with Crippen molar-refractivity contribution in [3.8, 4) is 11.8 Å². The number of aliphatic hydroxyl groups is 1. The highest BCUT2D eigenvalue weighted by Gasteiger charge is 2.08. The summed E-state index contributed by atoms with van der Waals surface area (Å²) in [4.78, 5) is 16.4. The predicted molar refractivity (Wildman–Crippen MR) is 68.6 cm³/mol. The number of thiophene rings is 1. The van der Waals surface area contributed by atoms with Crippen LogP contribution in [0, 0.1) is 11.8 Å². The van der Waals surface area contributed by atoms with Crippen LogP contribution in [0.15, 0.2) is 22.3 Å². The number of hydrogen-bond donors (Lipinski definition) is 2. The van der Waals surface area contributed by atoms with Gasteiger partial charge in [-0.1, -0.05) is 17.0 Å². The van der Waals surface area contributed by atoms with Gasteiger partial charge in [0.2, 0.25) is 5.89 Å². The smallest absolute Gasteiger partial charge is 0.252 e. The highest BCUT2D eigenvalue weighted by Crippen LogP contribution is 2.13. The van der Waals surface area contributed by atoms with E-state index in [0.29, 0.717) is 24.4 Å². The van der Waals surface area contributed by atoms with Crippen LogP contribution >= 0.6 is 11.3 Å². The molecule has 98 valence electrons. The fraction of sp³-hybridized carbons (Fsp3) is 0.250. The van der Waals surface area contributed by atoms with E-state index in [9.17, 15) is 4.79 Å². The van der Waals surface area contributed by atoms with Crippen LogP contribution in [0.3, 0.4) is 0 Å². The lowest BCUT2D eigenvalue weighted by Crippen LogP contribution is -2.25. The summed E-state index contributed by atoms with van der Waals surface area (Å²) in [7, 11) is 0. The van der Waals surface area contributed by atoms with Crippen LogP contribution in [-0.4, -0.2) is 34.3 Å². The first-order chi connectivity index (χ1) is 9.29. The maximum absolute atomic E-state index is 11.8. The Kier molecular flexibility index (Phi) is 4.66. The van der Waals surface area contributed by atoms with Gasteiger partial charge in [-0.25, -0.2) is 0 Å². The Bertz CT molecular complexity index is 595. The number of aliphatic hydroxyl groups excluding tert-OH is 1. The highest BCUT2D eigenvalue weighted by atomic mass is 32.1. The van der Waals surface area contributed by atoms with Gasteiger partial charge in [0.05, 0.1) is 10.4 Å². The van der Waals surface area contributed by atoms with E-state index < -0.39 is 0 Å². The molecule has 0 radical (unpaired) electrons. The Morgan fingerprint density at radius 2 is 2.47 bits per heavy atom. The summed E-state index contributed by atoms with van der Waals surface area (Å²) in [5.74, 6) is 5.60. The van der Waals surface area contributed by atoms with Crippen LogP contribution in [0.25, 0.3) is 0 Å². The Hall–Kier alpha value is -2.17. The molecule has 2 N–H and O–H groups in total. The minimum absolute atomic E-state index is 0.173. The van der Waals surface area contributed by atoms with Crippen LogP contribution in [-0.2, 0) is 6.42 Å². The number of carbonyl (C=O) groups excluding carboxylic acids is 1. The summed E-state index contributed by atoms with van der Waals surface area (Å²) < 4.78 is 4.82. The molecule has 0 aliphatic carbocycles. The monoisotopic (exact) mass is 277 g/mol. The number of nitrogens with zero attached hydrogens (tertiary/aromatic N) is 2. The van der Waals surface area contributed by atoms with Crippen molar-refractivity contribution in [1.29, 1.82) is 0 Å². The van der Waals surface area contributed by atoms with Crippen LogP contribution in [0.4, 0.5) is 0 Å². The van der Waals surface area contributed by atoms with Gasteiger partial charge in [-0.3, -0.25) is 4.79 Å². The van der Waals surface area contributed by atoms with Crippen LogP contribution in [0.2, 0.25) is 0 Å². The largest absolute Gasteiger partial charge is 0.384 e. The lowest BCUT2D eigenvalue weighted by molar-refractivity contribution is 0.0954. The fourth-order valence-corrected chi connectivity index (χ4v) is 2.09. The molecular weight excluding hydrogens is 266 g/mol. The maximum atomic E-state index is 11.8. The summed E-state index contributed by atoms with van der Waals surface area (Å²) in [5, 5.41) is 16.5. The second-order valence-electron chi connectivity index (χ2n) is 3.50. The average molecular weight is 277 g/mol. The molecule has 2 heterocycles. The standard InChI is InChI=1S/C12H11N3O3S/c16-5-1-2-10-6-9(7-19-10)12(17)13-4-3-11-14-8-15-18-11/h6-8,16H,3-5H2,(H,13,17). The van der Waals surface area contributed by atoms with E-state index in [2.05, 4.69) is 27.3 Å². The number of amides is 1. The summed E-state index contributed by atoms with van der Waals surface area (Å²) in [6.45, 7) is 0.234. The van der Waals surface area contributed by atoms with E-state index in [1.165, 1.54) is 17.7 Å². The van der Waals surface area contributed by atoms with E-state index in [-0.39, 0.29) is 12.5 Å². The zero-order valence-electron chi connectivity index (χ0n) is 9.92. The Morgan fingerprint density at radius 3 is 3.21 bits per heavy atom. The Balaban J connectivity index is 1.84. The third-order valence-corrected chi connectivity index (χ3v) is 3.03. The first kappa shape index (κ1) is 13.3. The molecule has 0 fully saturated rings. The van der Waals surface area contributed by atoms with Gasteiger partial charge in [-0.05, 0) is 6.07 Å². The number of rotatable bonds is 4. The molecule has 0 bridgehead atoms. The van der Waals surface area contributed by atoms with Crippen molar-refractivity contribution in [3.05, 3.63) is 34.1 Å². The minimum Gasteiger partial charge on any atom is -0.384 e. The average Bonchev–Trinajstić information content (AvgIpc) is 3.07. The lowest BCUT2D eigenvalue weighted by atomic mass is 10.3. The van der Waals surface area contributed by atoms with E-state index in [0.717, 1.165) is 4.88 Å². The van der Waals surface area contributed by atoms with Gasteiger partial charge in [-0.2, -0.15) is 4.98 Å². The quantitative estimate of drug-likeness (QED) is 0.792. The molecule has 6 nitrogen and oxygen atoms in total. The van der Waals surface area contributed by atoms with Crippen molar-refractivity contribution < 1.29 is 14.4 Å². The Morgan fingerprint density at radius 1 is 1.58 bits per heavy atom. The summed E-state index contributed by atoms with van der Waals surface area (Å²) in [5.41, 5.74) is 0.553. The maximum Gasteiger partial charge on any atom is 0.252 e. The molecule has 0 spiro atoms. The van der Waals surface area contributed by atoms with Gasteiger partial charge >= 0.3 is 0 Å². The summed E-state index contributed by atoms with van der Waals surface area (Å²) in [6, 6.07) is 1.69. The van der Waals surface area contributed by atoms with E-state index in [1.54, 1.807) is 11.4 Å². The first-order valence-electron chi connectivity index (χ1n) is 5.51. The number of hydrogen-bond acceptors (Lipinski definition) is 6. The van der Waals surface area contributed by atoms with Crippen molar-refractivity contribution in [3.63, 3.8) is 0 Å². The lowest BCUT2D eigenvalue weighted by Gasteiger charge is -2.00. The molecule has 0 saturated carbocycles. The molecule has 0 aliphatic heterocycles. The molecule has 2 aromatic heterocycles. The molecule has 0 saturated heterocycles. The zero-order chi connectivity index (χ0) is 13.5. The molecule has 1 amide bonds. The van der Waals surface area contributed by atoms with Crippen molar-refractivity contribution in [2.75, 3.05) is 13.2 Å². The molecule has 0 atom stereocenters. The number of aromatic nitrogens is 2. The SMILES string of the molecule is O=C(NCCc1ncno1)c1csc(C#CCO)c1. The van der Waals surface area contributed by atoms with E-state index in [1.807, 2.05) is 0 Å². The molecule has 2 aromatic rings. The Labute approximate surface area is 113 Å². The zero-order valence-corrected chi connectivity index (χ0v) is 10.7. The molecule has 2 rings (SSSR count). The normalized spacial score (nSPS) is 9.74. The summed E-state index contributed by atoms with van der Waals surface area (Å²) >= 11 is 1.36. The van der Waals surface area contributed by atoms with Crippen molar-refractivity contribution in [2.45, 2.75) is 6.42 Å². The third kappa shape index (κ3) is 3.91. The summed E-state index contributed by atoms with van der Waals surface area (Å²) in [6.07, 6.45) is 1.81. The molecule has 19 heavy (non-hydrogen) atoms.